The van der Waals surface area contributed by atoms with Crippen molar-refractivity contribution in [2.45, 2.75) is 13.3 Å². The number of carbonyl (C=O) groups excluding carboxylic acids is 3. The SMILES string of the molecule is CCOC(=O)c1ccc(NC(=O)CC(=O)OC)cc1. The van der Waals surface area contributed by atoms with Gasteiger partial charge in [0.1, 0.15) is 6.42 Å². The van der Waals surface area contributed by atoms with E-state index in [2.05, 4.69) is 10.1 Å². The molecule has 0 aromatic heterocycles. The van der Waals surface area contributed by atoms with Crippen molar-refractivity contribution in [2.24, 2.45) is 0 Å². The zero-order valence-corrected chi connectivity index (χ0v) is 10.8. The van der Waals surface area contributed by atoms with Crippen LogP contribution in [0.5, 0.6) is 0 Å². The molecule has 1 N–H and O–H groups in total. The number of amides is 1. The van der Waals surface area contributed by atoms with Crippen LogP contribution in [0.15, 0.2) is 24.3 Å². The lowest BCUT2D eigenvalue weighted by atomic mass is 10.2. The van der Waals surface area contributed by atoms with Crippen LogP contribution in [-0.2, 0) is 19.1 Å². The molecule has 1 amide bonds. The molecule has 0 atom stereocenters. The fourth-order valence-corrected chi connectivity index (χ4v) is 1.31. The van der Waals surface area contributed by atoms with Crippen molar-refractivity contribution in [3.8, 4) is 0 Å². The molecule has 0 saturated carbocycles. The van der Waals surface area contributed by atoms with Gasteiger partial charge in [0, 0.05) is 5.69 Å². The topological polar surface area (TPSA) is 81.7 Å². The lowest BCUT2D eigenvalue weighted by molar-refractivity contribution is -0.142. The number of hydrogen-bond acceptors (Lipinski definition) is 5. The normalized spacial score (nSPS) is 9.58. The molecule has 19 heavy (non-hydrogen) atoms. The second-order valence-corrected chi connectivity index (χ2v) is 3.60. The number of methoxy groups -OCH3 is 1. The maximum Gasteiger partial charge on any atom is 0.338 e. The predicted molar refractivity (Wildman–Crippen MR) is 67.7 cm³/mol. The van der Waals surface area contributed by atoms with Crippen LogP contribution in [0, 0.1) is 0 Å². The molecule has 6 heteroatoms. The minimum Gasteiger partial charge on any atom is -0.469 e. The van der Waals surface area contributed by atoms with Crippen LogP contribution in [0.25, 0.3) is 0 Å². The summed E-state index contributed by atoms with van der Waals surface area (Å²) in [5, 5.41) is 2.51. The molecule has 6 nitrogen and oxygen atoms in total. The highest BCUT2D eigenvalue weighted by molar-refractivity contribution is 6.02. The van der Waals surface area contributed by atoms with Gasteiger partial charge in [-0.3, -0.25) is 9.59 Å². The smallest absolute Gasteiger partial charge is 0.338 e. The molecule has 0 aliphatic carbocycles. The Bertz CT molecular complexity index is 466. The first-order chi connectivity index (χ1) is 9.06. The number of esters is 2. The Hall–Kier alpha value is -2.37. The van der Waals surface area contributed by atoms with Crippen LogP contribution >= 0.6 is 0 Å². The number of ether oxygens (including phenoxy) is 2. The summed E-state index contributed by atoms with van der Waals surface area (Å²) in [6.07, 6.45) is -0.351. The second kappa shape index (κ2) is 7.15. The first-order valence-electron chi connectivity index (χ1n) is 5.70. The third kappa shape index (κ3) is 4.79. The summed E-state index contributed by atoms with van der Waals surface area (Å²) in [4.78, 5) is 33.7. The Balaban J connectivity index is 2.59. The van der Waals surface area contributed by atoms with Gasteiger partial charge >= 0.3 is 11.9 Å². The van der Waals surface area contributed by atoms with E-state index in [1.54, 1.807) is 19.1 Å². The van der Waals surface area contributed by atoms with Gasteiger partial charge in [0.25, 0.3) is 0 Å². The van der Waals surface area contributed by atoms with Crippen molar-refractivity contribution in [3.05, 3.63) is 29.8 Å². The Morgan fingerprint density at radius 1 is 1.16 bits per heavy atom. The second-order valence-electron chi connectivity index (χ2n) is 3.60. The van der Waals surface area contributed by atoms with E-state index in [1.807, 2.05) is 0 Å². The van der Waals surface area contributed by atoms with Crippen LogP contribution in [-0.4, -0.2) is 31.6 Å². The average molecular weight is 265 g/mol. The van der Waals surface area contributed by atoms with Crippen LogP contribution in [0.1, 0.15) is 23.7 Å². The summed E-state index contributed by atoms with van der Waals surface area (Å²) in [6.45, 7) is 2.02. The molecule has 0 radical (unpaired) electrons. The summed E-state index contributed by atoms with van der Waals surface area (Å²) >= 11 is 0. The quantitative estimate of drug-likeness (QED) is 0.642. The van der Waals surface area contributed by atoms with E-state index >= 15 is 0 Å². The highest BCUT2D eigenvalue weighted by Gasteiger charge is 2.10. The number of benzene rings is 1. The molecule has 0 unspecified atom stereocenters. The molecular formula is C13H15NO5. The van der Waals surface area contributed by atoms with E-state index in [1.165, 1.54) is 19.2 Å². The van der Waals surface area contributed by atoms with Crippen molar-refractivity contribution < 1.29 is 23.9 Å². The maximum atomic E-state index is 11.4. The third-order valence-corrected chi connectivity index (χ3v) is 2.21. The molecule has 0 aliphatic rings. The predicted octanol–water partition coefficient (Wildman–Crippen LogP) is 1.36. The zero-order valence-electron chi connectivity index (χ0n) is 10.8. The highest BCUT2D eigenvalue weighted by atomic mass is 16.5. The minimum atomic E-state index is -0.611. The van der Waals surface area contributed by atoms with E-state index in [-0.39, 0.29) is 6.42 Å². The monoisotopic (exact) mass is 265 g/mol. The molecule has 0 heterocycles. The van der Waals surface area contributed by atoms with Gasteiger partial charge in [0.15, 0.2) is 0 Å². The Labute approximate surface area is 110 Å². The van der Waals surface area contributed by atoms with Crippen LogP contribution in [0.4, 0.5) is 5.69 Å². The number of hydrogen-bond donors (Lipinski definition) is 1. The standard InChI is InChI=1S/C13H15NO5/c1-3-19-13(17)9-4-6-10(7-5-9)14-11(15)8-12(16)18-2/h4-7H,3,8H2,1-2H3,(H,14,15). The first kappa shape index (κ1) is 14.7. The van der Waals surface area contributed by atoms with Gasteiger partial charge in [-0.15, -0.1) is 0 Å². The van der Waals surface area contributed by atoms with E-state index < -0.39 is 17.8 Å². The van der Waals surface area contributed by atoms with Gasteiger partial charge < -0.3 is 14.8 Å². The molecule has 0 spiro atoms. The third-order valence-electron chi connectivity index (χ3n) is 2.21. The van der Waals surface area contributed by atoms with E-state index in [4.69, 9.17) is 4.74 Å². The van der Waals surface area contributed by atoms with Gasteiger partial charge in [-0.2, -0.15) is 0 Å². The lowest BCUT2D eigenvalue weighted by Crippen LogP contribution is -2.17. The van der Waals surface area contributed by atoms with Crippen LogP contribution in [0.2, 0.25) is 0 Å². The Morgan fingerprint density at radius 2 is 1.79 bits per heavy atom. The van der Waals surface area contributed by atoms with Crippen molar-refractivity contribution >= 4 is 23.5 Å². The maximum absolute atomic E-state index is 11.4. The summed E-state index contributed by atoms with van der Waals surface area (Å²) in [5.74, 6) is -1.51. The number of nitrogens with one attached hydrogen (secondary N) is 1. The molecule has 0 aliphatic heterocycles. The van der Waals surface area contributed by atoms with Crippen molar-refractivity contribution in [2.75, 3.05) is 19.0 Å². The average Bonchev–Trinajstić information content (AvgIpc) is 2.39. The molecule has 1 rings (SSSR count). The molecule has 0 fully saturated rings. The van der Waals surface area contributed by atoms with Gasteiger partial charge in [-0.05, 0) is 31.2 Å². The minimum absolute atomic E-state index is 0.302. The van der Waals surface area contributed by atoms with E-state index in [0.717, 1.165) is 0 Å². The molecule has 0 saturated heterocycles. The lowest BCUT2D eigenvalue weighted by Gasteiger charge is -2.05. The zero-order chi connectivity index (χ0) is 14.3. The first-order valence-corrected chi connectivity index (χ1v) is 5.70. The van der Waals surface area contributed by atoms with Crippen molar-refractivity contribution in [1.29, 1.82) is 0 Å². The molecular weight excluding hydrogens is 250 g/mol. The molecule has 1 aromatic carbocycles. The summed E-state index contributed by atoms with van der Waals surface area (Å²) in [6, 6.07) is 6.18. The van der Waals surface area contributed by atoms with Crippen molar-refractivity contribution in [3.63, 3.8) is 0 Å². The van der Waals surface area contributed by atoms with Gasteiger partial charge in [-0.1, -0.05) is 0 Å². The highest BCUT2D eigenvalue weighted by Crippen LogP contribution is 2.11. The Morgan fingerprint density at radius 3 is 2.32 bits per heavy atom. The van der Waals surface area contributed by atoms with Gasteiger partial charge in [-0.25, -0.2) is 4.79 Å². The molecule has 102 valence electrons. The number of anilines is 1. The van der Waals surface area contributed by atoms with Crippen molar-refractivity contribution in [1.82, 2.24) is 0 Å². The number of rotatable bonds is 5. The largest absolute Gasteiger partial charge is 0.469 e. The summed E-state index contributed by atoms with van der Waals surface area (Å²) < 4.78 is 9.20. The van der Waals surface area contributed by atoms with E-state index in [9.17, 15) is 14.4 Å². The summed E-state index contributed by atoms with van der Waals surface area (Å²) in [5.41, 5.74) is 0.884. The van der Waals surface area contributed by atoms with Crippen LogP contribution < -0.4 is 5.32 Å². The molecule has 0 bridgehead atoms. The van der Waals surface area contributed by atoms with Crippen LogP contribution in [0.3, 0.4) is 0 Å². The molecule has 1 aromatic rings. The van der Waals surface area contributed by atoms with E-state index in [0.29, 0.717) is 17.9 Å². The Kier molecular flexibility index (Phi) is 5.53. The van der Waals surface area contributed by atoms with Gasteiger partial charge in [0.05, 0.1) is 19.3 Å². The van der Waals surface area contributed by atoms with Gasteiger partial charge in [0.2, 0.25) is 5.91 Å². The number of carbonyl (C=O) groups is 3. The fraction of sp³-hybridized carbons (Fsp3) is 0.308. The fourth-order valence-electron chi connectivity index (χ4n) is 1.31. The summed E-state index contributed by atoms with van der Waals surface area (Å²) in [7, 11) is 1.21.